The quantitative estimate of drug-likeness (QED) is 0.541. The molecular formula is C16H22O2. The van der Waals surface area contributed by atoms with E-state index in [2.05, 4.69) is 31.2 Å². The molecule has 0 radical (unpaired) electrons. The van der Waals surface area contributed by atoms with Crippen molar-refractivity contribution in [1.29, 1.82) is 0 Å². The molecule has 18 heavy (non-hydrogen) atoms. The molecular weight excluding hydrogens is 224 g/mol. The fraction of sp³-hybridized carbons (Fsp3) is 0.562. The number of cyclic esters (lactones) is 1. The standard InChI is InChI=1S/C16H22O2/c1-2-8-15-14(16(17)18-15)12-7-6-11-13-9-4-3-5-10-13/h3-5,9-10,14-15H,2,6-8,11-12H2,1H3/t14-,15-/m0/s1. The monoisotopic (exact) mass is 246 g/mol. The summed E-state index contributed by atoms with van der Waals surface area (Å²) in [6.45, 7) is 2.14. The number of aryl methyl sites for hydroxylation is 1. The second-order valence-corrected chi connectivity index (χ2v) is 5.10. The number of esters is 1. The SMILES string of the molecule is CCC[C@@H]1OC(=O)[C@H]1CCCCc1ccccc1. The highest BCUT2D eigenvalue weighted by Gasteiger charge is 2.40. The summed E-state index contributed by atoms with van der Waals surface area (Å²) < 4.78 is 5.17. The van der Waals surface area contributed by atoms with Crippen molar-refractivity contribution < 1.29 is 9.53 Å². The Bertz CT molecular complexity index is 372. The number of hydrogen-bond donors (Lipinski definition) is 0. The molecule has 0 spiro atoms. The number of hydrogen-bond acceptors (Lipinski definition) is 2. The molecule has 1 aromatic carbocycles. The van der Waals surface area contributed by atoms with Crippen LogP contribution in [0.15, 0.2) is 30.3 Å². The van der Waals surface area contributed by atoms with Crippen LogP contribution in [0.4, 0.5) is 0 Å². The zero-order valence-electron chi connectivity index (χ0n) is 11.1. The van der Waals surface area contributed by atoms with E-state index >= 15 is 0 Å². The molecule has 0 aromatic heterocycles. The van der Waals surface area contributed by atoms with E-state index in [1.54, 1.807) is 0 Å². The van der Waals surface area contributed by atoms with E-state index in [1.165, 1.54) is 5.56 Å². The Labute approximate surface area is 109 Å². The van der Waals surface area contributed by atoms with Crippen molar-refractivity contribution in [2.75, 3.05) is 0 Å². The number of ether oxygens (including phenoxy) is 1. The predicted octanol–water partition coefficient (Wildman–Crippen LogP) is 3.74. The third kappa shape index (κ3) is 3.34. The third-order valence-electron chi connectivity index (χ3n) is 3.67. The molecule has 1 aliphatic heterocycles. The van der Waals surface area contributed by atoms with Crippen LogP contribution >= 0.6 is 0 Å². The molecule has 1 aromatic rings. The van der Waals surface area contributed by atoms with Gasteiger partial charge in [0.2, 0.25) is 0 Å². The highest BCUT2D eigenvalue weighted by atomic mass is 16.6. The molecule has 2 atom stereocenters. The molecule has 0 saturated carbocycles. The molecule has 2 heteroatoms. The third-order valence-corrected chi connectivity index (χ3v) is 3.67. The molecule has 0 amide bonds. The van der Waals surface area contributed by atoms with Crippen LogP contribution in [0.2, 0.25) is 0 Å². The van der Waals surface area contributed by atoms with Gasteiger partial charge in [-0.05, 0) is 31.2 Å². The van der Waals surface area contributed by atoms with Gasteiger partial charge >= 0.3 is 5.97 Å². The first kappa shape index (κ1) is 13.1. The summed E-state index contributed by atoms with van der Waals surface area (Å²) in [5, 5.41) is 0. The van der Waals surface area contributed by atoms with Gasteiger partial charge < -0.3 is 4.74 Å². The van der Waals surface area contributed by atoms with Gasteiger partial charge in [0.15, 0.2) is 0 Å². The van der Waals surface area contributed by atoms with E-state index in [9.17, 15) is 4.79 Å². The molecule has 1 heterocycles. The zero-order valence-corrected chi connectivity index (χ0v) is 11.1. The van der Waals surface area contributed by atoms with Crippen molar-refractivity contribution >= 4 is 5.97 Å². The van der Waals surface area contributed by atoms with Crippen LogP contribution in [-0.4, -0.2) is 12.1 Å². The minimum Gasteiger partial charge on any atom is -0.461 e. The molecule has 1 saturated heterocycles. The lowest BCUT2D eigenvalue weighted by molar-refractivity contribution is -0.186. The normalized spacial score (nSPS) is 22.4. The highest BCUT2D eigenvalue weighted by Crippen LogP contribution is 2.30. The summed E-state index contributed by atoms with van der Waals surface area (Å²) in [4.78, 5) is 11.4. The first-order chi connectivity index (χ1) is 8.81. The predicted molar refractivity (Wildman–Crippen MR) is 72.3 cm³/mol. The zero-order chi connectivity index (χ0) is 12.8. The summed E-state index contributed by atoms with van der Waals surface area (Å²) >= 11 is 0. The Morgan fingerprint density at radius 1 is 1.11 bits per heavy atom. The Balaban J connectivity index is 1.65. The lowest BCUT2D eigenvalue weighted by atomic mass is 9.88. The van der Waals surface area contributed by atoms with Crippen LogP contribution in [0.25, 0.3) is 0 Å². The van der Waals surface area contributed by atoms with Crippen molar-refractivity contribution in [3.05, 3.63) is 35.9 Å². The van der Waals surface area contributed by atoms with Gasteiger partial charge in [0, 0.05) is 0 Å². The van der Waals surface area contributed by atoms with E-state index in [1.807, 2.05) is 6.07 Å². The van der Waals surface area contributed by atoms with Crippen LogP contribution in [0, 0.1) is 5.92 Å². The Morgan fingerprint density at radius 3 is 2.56 bits per heavy atom. The fourth-order valence-electron chi connectivity index (χ4n) is 2.58. The Hall–Kier alpha value is -1.31. The summed E-state index contributed by atoms with van der Waals surface area (Å²) in [5.74, 6) is 0.203. The minimum atomic E-state index is 0.0214. The van der Waals surface area contributed by atoms with E-state index in [0.29, 0.717) is 0 Å². The van der Waals surface area contributed by atoms with Crippen molar-refractivity contribution in [3.63, 3.8) is 0 Å². The van der Waals surface area contributed by atoms with Crippen molar-refractivity contribution in [3.8, 4) is 0 Å². The summed E-state index contributed by atoms with van der Waals surface area (Å²) in [6, 6.07) is 10.5. The first-order valence-corrected chi connectivity index (χ1v) is 7.05. The van der Waals surface area contributed by atoms with E-state index in [-0.39, 0.29) is 18.0 Å². The average Bonchev–Trinajstić information content (AvgIpc) is 2.39. The van der Waals surface area contributed by atoms with Gasteiger partial charge in [-0.25, -0.2) is 0 Å². The minimum absolute atomic E-state index is 0.0214. The largest absolute Gasteiger partial charge is 0.461 e. The molecule has 2 rings (SSSR count). The molecule has 1 aliphatic rings. The van der Waals surface area contributed by atoms with Gasteiger partial charge in [-0.1, -0.05) is 50.1 Å². The second-order valence-electron chi connectivity index (χ2n) is 5.10. The summed E-state index contributed by atoms with van der Waals surface area (Å²) in [6.07, 6.45) is 6.71. The number of benzene rings is 1. The van der Waals surface area contributed by atoms with E-state index < -0.39 is 0 Å². The number of carbonyl (C=O) groups excluding carboxylic acids is 1. The maximum atomic E-state index is 11.4. The van der Waals surface area contributed by atoms with Crippen molar-refractivity contribution in [2.45, 2.75) is 51.6 Å². The maximum absolute atomic E-state index is 11.4. The number of carbonyl (C=O) groups is 1. The molecule has 98 valence electrons. The molecule has 2 nitrogen and oxygen atoms in total. The van der Waals surface area contributed by atoms with E-state index in [4.69, 9.17) is 4.74 Å². The van der Waals surface area contributed by atoms with Crippen LogP contribution in [0.1, 0.15) is 44.6 Å². The van der Waals surface area contributed by atoms with Gasteiger partial charge in [0.05, 0.1) is 5.92 Å². The second kappa shape index (κ2) is 6.58. The Kier molecular flexibility index (Phi) is 4.80. The van der Waals surface area contributed by atoms with Gasteiger partial charge in [0.1, 0.15) is 6.10 Å². The van der Waals surface area contributed by atoms with Crippen LogP contribution in [0.3, 0.4) is 0 Å². The van der Waals surface area contributed by atoms with Gasteiger partial charge in [-0.3, -0.25) is 4.79 Å². The van der Waals surface area contributed by atoms with E-state index in [0.717, 1.165) is 38.5 Å². The topological polar surface area (TPSA) is 26.3 Å². The Morgan fingerprint density at radius 2 is 1.89 bits per heavy atom. The van der Waals surface area contributed by atoms with Gasteiger partial charge in [0.25, 0.3) is 0 Å². The summed E-state index contributed by atoms with van der Waals surface area (Å²) in [7, 11) is 0. The van der Waals surface area contributed by atoms with Crippen LogP contribution < -0.4 is 0 Å². The number of unbranched alkanes of at least 4 members (excludes halogenated alkanes) is 1. The molecule has 0 unspecified atom stereocenters. The molecule has 0 aliphatic carbocycles. The fourth-order valence-corrected chi connectivity index (χ4v) is 2.58. The first-order valence-electron chi connectivity index (χ1n) is 7.05. The maximum Gasteiger partial charge on any atom is 0.313 e. The molecule has 0 N–H and O–H groups in total. The molecule has 1 fully saturated rings. The van der Waals surface area contributed by atoms with Crippen LogP contribution in [0.5, 0.6) is 0 Å². The van der Waals surface area contributed by atoms with Crippen molar-refractivity contribution in [2.24, 2.45) is 5.92 Å². The molecule has 0 bridgehead atoms. The highest BCUT2D eigenvalue weighted by molar-refractivity contribution is 5.78. The summed E-state index contributed by atoms with van der Waals surface area (Å²) in [5.41, 5.74) is 1.39. The number of rotatable bonds is 7. The lowest BCUT2D eigenvalue weighted by Crippen LogP contribution is -2.44. The van der Waals surface area contributed by atoms with Crippen molar-refractivity contribution in [1.82, 2.24) is 0 Å². The van der Waals surface area contributed by atoms with Gasteiger partial charge in [-0.15, -0.1) is 0 Å². The smallest absolute Gasteiger partial charge is 0.313 e. The lowest BCUT2D eigenvalue weighted by Gasteiger charge is -2.35. The average molecular weight is 246 g/mol. The van der Waals surface area contributed by atoms with Crippen LogP contribution in [-0.2, 0) is 16.0 Å². The van der Waals surface area contributed by atoms with Gasteiger partial charge in [-0.2, -0.15) is 0 Å².